The minimum Gasteiger partial charge on any atom is -0.497 e. The lowest BCUT2D eigenvalue weighted by atomic mass is 9.79. The van der Waals surface area contributed by atoms with Crippen molar-refractivity contribution in [3.63, 3.8) is 0 Å². The molecule has 2 rings (SSSR count). The molecule has 1 aliphatic rings. The molecule has 18 heavy (non-hydrogen) atoms. The van der Waals surface area contributed by atoms with Gasteiger partial charge < -0.3 is 15.2 Å². The Morgan fingerprint density at radius 3 is 2.50 bits per heavy atom. The van der Waals surface area contributed by atoms with Gasteiger partial charge in [0.15, 0.2) is 0 Å². The number of aliphatic hydroxyl groups is 1. The number of methoxy groups -OCH3 is 1. The van der Waals surface area contributed by atoms with E-state index in [0.29, 0.717) is 12.0 Å². The molecule has 3 nitrogen and oxygen atoms in total. The topological polar surface area (TPSA) is 41.5 Å². The van der Waals surface area contributed by atoms with Crippen LogP contribution in [0.5, 0.6) is 5.75 Å². The lowest BCUT2D eigenvalue weighted by Gasteiger charge is -2.34. The summed E-state index contributed by atoms with van der Waals surface area (Å²) in [5.41, 5.74) is 0.989. The number of ether oxygens (including phenoxy) is 1. The molecule has 0 radical (unpaired) electrons. The van der Waals surface area contributed by atoms with Crippen LogP contribution in [0.4, 0.5) is 0 Å². The zero-order valence-corrected chi connectivity index (χ0v) is 11.2. The number of hydrogen-bond acceptors (Lipinski definition) is 3. The van der Waals surface area contributed by atoms with E-state index in [2.05, 4.69) is 5.32 Å². The van der Waals surface area contributed by atoms with E-state index in [1.807, 2.05) is 31.3 Å². The van der Waals surface area contributed by atoms with Gasteiger partial charge in [0.25, 0.3) is 0 Å². The Bertz CT molecular complexity index is 363. The van der Waals surface area contributed by atoms with E-state index in [-0.39, 0.29) is 6.10 Å². The van der Waals surface area contributed by atoms with Gasteiger partial charge in [0.2, 0.25) is 0 Å². The van der Waals surface area contributed by atoms with Crippen LogP contribution in [0.2, 0.25) is 0 Å². The second-order valence-electron chi connectivity index (χ2n) is 5.06. The summed E-state index contributed by atoms with van der Waals surface area (Å²) in [5, 5.41) is 13.9. The highest BCUT2D eigenvalue weighted by Gasteiger charge is 2.30. The number of nitrogens with one attached hydrogen (secondary N) is 1. The van der Waals surface area contributed by atoms with Crippen molar-refractivity contribution in [2.24, 2.45) is 5.92 Å². The highest BCUT2D eigenvalue weighted by atomic mass is 16.5. The third-order valence-corrected chi connectivity index (χ3v) is 4.05. The number of aliphatic hydroxyl groups excluding tert-OH is 1. The zero-order valence-electron chi connectivity index (χ0n) is 11.2. The Kier molecular flexibility index (Phi) is 4.61. The highest BCUT2D eigenvalue weighted by molar-refractivity contribution is 5.29. The first-order chi connectivity index (χ1) is 8.76. The summed E-state index contributed by atoms with van der Waals surface area (Å²) in [5.74, 6) is 1.15. The van der Waals surface area contributed by atoms with Crippen LogP contribution < -0.4 is 10.1 Å². The van der Waals surface area contributed by atoms with Crippen molar-refractivity contribution in [3.05, 3.63) is 29.8 Å². The van der Waals surface area contributed by atoms with Crippen LogP contribution in [0.3, 0.4) is 0 Å². The number of hydrogen-bond donors (Lipinski definition) is 2. The Morgan fingerprint density at radius 2 is 1.89 bits per heavy atom. The Balaban J connectivity index is 2.10. The predicted octanol–water partition coefficient (Wildman–Crippen LogP) is 2.51. The van der Waals surface area contributed by atoms with Gasteiger partial charge in [0.05, 0.1) is 13.2 Å². The third kappa shape index (κ3) is 2.85. The average molecular weight is 249 g/mol. The van der Waals surface area contributed by atoms with E-state index in [9.17, 15) is 5.11 Å². The van der Waals surface area contributed by atoms with Gasteiger partial charge in [-0.2, -0.15) is 0 Å². The summed E-state index contributed by atoms with van der Waals surface area (Å²) in [6.45, 7) is 0. The Labute approximate surface area is 109 Å². The second-order valence-corrected chi connectivity index (χ2v) is 5.06. The Hall–Kier alpha value is -1.06. The summed E-state index contributed by atoms with van der Waals surface area (Å²) in [7, 11) is 3.65. The lowest BCUT2D eigenvalue weighted by molar-refractivity contribution is 0.0638. The fourth-order valence-corrected chi connectivity index (χ4v) is 2.94. The first-order valence-electron chi connectivity index (χ1n) is 6.75. The minimum absolute atomic E-state index is 0.317. The maximum absolute atomic E-state index is 10.5. The van der Waals surface area contributed by atoms with E-state index < -0.39 is 0 Å². The fraction of sp³-hybridized carbons (Fsp3) is 0.600. The van der Waals surface area contributed by atoms with Gasteiger partial charge in [-0.3, -0.25) is 0 Å². The van der Waals surface area contributed by atoms with E-state index in [0.717, 1.165) is 24.2 Å². The van der Waals surface area contributed by atoms with Crippen molar-refractivity contribution in [2.45, 2.75) is 37.8 Å². The standard InChI is InChI=1S/C15H23NO2/c1-16-14-6-4-3-5-13(14)15(17)11-7-9-12(18-2)10-8-11/h7-10,13-17H,3-6H2,1-2H3/t13-,14+,15+/m0/s1. The fourth-order valence-electron chi connectivity index (χ4n) is 2.94. The molecule has 2 N–H and O–H groups in total. The smallest absolute Gasteiger partial charge is 0.118 e. The maximum Gasteiger partial charge on any atom is 0.118 e. The molecule has 0 heterocycles. The number of benzene rings is 1. The predicted molar refractivity (Wildman–Crippen MR) is 72.8 cm³/mol. The van der Waals surface area contributed by atoms with Crippen LogP contribution in [0, 0.1) is 5.92 Å². The summed E-state index contributed by atoms with van der Waals surface area (Å²) in [4.78, 5) is 0. The number of rotatable bonds is 4. The van der Waals surface area contributed by atoms with E-state index in [1.54, 1.807) is 7.11 Å². The van der Waals surface area contributed by atoms with Gasteiger partial charge in [-0.15, -0.1) is 0 Å². The van der Waals surface area contributed by atoms with Gasteiger partial charge in [-0.1, -0.05) is 25.0 Å². The molecular weight excluding hydrogens is 226 g/mol. The molecule has 100 valence electrons. The van der Waals surface area contributed by atoms with Gasteiger partial charge in [0.1, 0.15) is 5.75 Å². The quantitative estimate of drug-likeness (QED) is 0.861. The summed E-state index contributed by atoms with van der Waals surface area (Å²) in [6.07, 6.45) is 4.36. The first kappa shape index (κ1) is 13.4. The van der Waals surface area contributed by atoms with Crippen LogP contribution >= 0.6 is 0 Å². The molecule has 3 atom stereocenters. The molecule has 1 aromatic rings. The van der Waals surface area contributed by atoms with Gasteiger partial charge in [-0.25, -0.2) is 0 Å². The van der Waals surface area contributed by atoms with Crippen molar-refractivity contribution in [1.29, 1.82) is 0 Å². The molecule has 1 aliphatic carbocycles. The molecule has 0 amide bonds. The van der Waals surface area contributed by atoms with Crippen molar-refractivity contribution >= 4 is 0 Å². The van der Waals surface area contributed by atoms with E-state index in [1.165, 1.54) is 12.8 Å². The molecule has 1 fully saturated rings. The molecule has 1 saturated carbocycles. The van der Waals surface area contributed by atoms with Crippen LogP contribution in [0.25, 0.3) is 0 Å². The zero-order chi connectivity index (χ0) is 13.0. The van der Waals surface area contributed by atoms with E-state index >= 15 is 0 Å². The van der Waals surface area contributed by atoms with Crippen LogP contribution in [-0.4, -0.2) is 25.3 Å². The average Bonchev–Trinajstić information content (AvgIpc) is 2.46. The van der Waals surface area contributed by atoms with Crippen LogP contribution in [-0.2, 0) is 0 Å². The molecule has 3 heteroatoms. The largest absolute Gasteiger partial charge is 0.497 e. The third-order valence-electron chi connectivity index (χ3n) is 4.05. The minimum atomic E-state index is -0.381. The lowest BCUT2D eigenvalue weighted by Crippen LogP contribution is -2.39. The van der Waals surface area contributed by atoms with Gasteiger partial charge in [0, 0.05) is 12.0 Å². The van der Waals surface area contributed by atoms with Crippen molar-refractivity contribution < 1.29 is 9.84 Å². The molecular formula is C15H23NO2. The second kappa shape index (κ2) is 6.21. The molecule has 0 saturated heterocycles. The van der Waals surface area contributed by atoms with Crippen molar-refractivity contribution in [1.82, 2.24) is 5.32 Å². The first-order valence-corrected chi connectivity index (χ1v) is 6.75. The van der Waals surface area contributed by atoms with Gasteiger partial charge >= 0.3 is 0 Å². The Morgan fingerprint density at radius 1 is 1.22 bits per heavy atom. The van der Waals surface area contributed by atoms with Crippen LogP contribution in [0.1, 0.15) is 37.4 Å². The van der Waals surface area contributed by atoms with Crippen molar-refractivity contribution in [3.8, 4) is 5.75 Å². The molecule has 1 aromatic carbocycles. The summed E-state index contributed by atoms with van der Waals surface area (Å²) < 4.78 is 5.14. The van der Waals surface area contributed by atoms with Crippen molar-refractivity contribution in [2.75, 3.05) is 14.2 Å². The molecule has 0 unspecified atom stereocenters. The SMILES string of the molecule is CN[C@@H]1CCCC[C@@H]1[C@H](O)c1ccc(OC)cc1. The maximum atomic E-state index is 10.5. The molecule has 0 bridgehead atoms. The normalized spacial score (nSPS) is 25.7. The molecule has 0 aliphatic heterocycles. The monoisotopic (exact) mass is 249 g/mol. The van der Waals surface area contributed by atoms with Crippen LogP contribution in [0.15, 0.2) is 24.3 Å². The summed E-state index contributed by atoms with van der Waals surface area (Å²) in [6, 6.07) is 8.18. The molecule has 0 spiro atoms. The van der Waals surface area contributed by atoms with Gasteiger partial charge in [-0.05, 0) is 37.6 Å². The molecule has 0 aromatic heterocycles. The van der Waals surface area contributed by atoms with E-state index in [4.69, 9.17) is 4.74 Å². The highest BCUT2D eigenvalue weighted by Crippen LogP contribution is 2.35. The summed E-state index contributed by atoms with van der Waals surface area (Å²) >= 11 is 0.